The Morgan fingerprint density at radius 1 is 0.905 bits per heavy atom. The van der Waals surface area contributed by atoms with E-state index in [9.17, 15) is 18.0 Å². The molecule has 0 radical (unpaired) electrons. The normalized spacial score (nSPS) is 14.4. The number of carbonyl (C=O) groups excluding carboxylic acids is 2. The van der Waals surface area contributed by atoms with E-state index in [4.69, 9.17) is 46.4 Å². The summed E-state index contributed by atoms with van der Waals surface area (Å²) in [5.41, 5.74) is 1.35. The Morgan fingerprint density at radius 2 is 1.55 bits per heavy atom. The zero-order chi connectivity index (χ0) is 30.4. The van der Waals surface area contributed by atoms with Crippen LogP contribution in [0.4, 0.5) is 5.69 Å². The van der Waals surface area contributed by atoms with Gasteiger partial charge in [0.2, 0.25) is 21.8 Å². The quantitative estimate of drug-likeness (QED) is 0.244. The number of benzene rings is 3. The molecule has 1 aliphatic rings. The van der Waals surface area contributed by atoms with Gasteiger partial charge in [0.25, 0.3) is 0 Å². The minimum absolute atomic E-state index is 0.00276. The third-order valence-corrected chi connectivity index (χ3v) is 9.59. The second-order valence-corrected chi connectivity index (χ2v) is 13.8. The number of carbonyl (C=O) groups is 2. The standard InChI is InChI=1S/C30H31Cl4N3O4S/c1-42(40,41)37(27-15-14-21(31)17-26(27)34)19-29(38)36(18-23-24(32)12-7-13-25(23)33)28(16-20-8-3-2-4-9-20)30(39)35-22-10-5-6-11-22/h2-4,7-9,12-15,17,22,28H,5-6,10-11,16,18-19H2,1H3,(H,35,39). The predicted molar refractivity (Wildman–Crippen MR) is 170 cm³/mol. The summed E-state index contributed by atoms with van der Waals surface area (Å²) in [6, 6.07) is 17.6. The number of sulfonamides is 1. The highest BCUT2D eigenvalue weighted by atomic mass is 35.5. The van der Waals surface area contributed by atoms with Gasteiger partial charge in [0, 0.05) is 39.6 Å². The predicted octanol–water partition coefficient (Wildman–Crippen LogP) is 6.77. The summed E-state index contributed by atoms with van der Waals surface area (Å²) in [6.07, 6.45) is 4.90. The van der Waals surface area contributed by atoms with Crippen molar-refractivity contribution in [2.75, 3.05) is 17.1 Å². The highest BCUT2D eigenvalue weighted by Gasteiger charge is 2.35. The zero-order valence-electron chi connectivity index (χ0n) is 22.9. The summed E-state index contributed by atoms with van der Waals surface area (Å²) in [5, 5.41) is 4.11. The summed E-state index contributed by atoms with van der Waals surface area (Å²) in [7, 11) is -3.99. The van der Waals surface area contributed by atoms with Crippen molar-refractivity contribution in [3.63, 3.8) is 0 Å². The smallest absolute Gasteiger partial charge is 0.244 e. The molecule has 0 saturated heterocycles. The van der Waals surface area contributed by atoms with Crippen LogP contribution in [0.15, 0.2) is 66.7 Å². The van der Waals surface area contributed by atoms with E-state index in [1.807, 2.05) is 30.3 Å². The second kappa shape index (κ2) is 14.3. The van der Waals surface area contributed by atoms with E-state index < -0.39 is 28.5 Å². The molecule has 1 fully saturated rings. The van der Waals surface area contributed by atoms with E-state index in [-0.39, 0.29) is 35.6 Å². The zero-order valence-corrected chi connectivity index (χ0v) is 26.7. The first-order valence-electron chi connectivity index (χ1n) is 13.4. The van der Waals surface area contributed by atoms with Crippen LogP contribution in [0.5, 0.6) is 0 Å². The van der Waals surface area contributed by atoms with Gasteiger partial charge in [-0.1, -0.05) is 95.6 Å². The number of hydrogen-bond donors (Lipinski definition) is 1. The van der Waals surface area contributed by atoms with Crippen LogP contribution in [0, 0.1) is 0 Å². The number of anilines is 1. The average molecular weight is 671 g/mol. The molecule has 0 aromatic heterocycles. The molecule has 12 heteroatoms. The van der Waals surface area contributed by atoms with Crippen molar-refractivity contribution in [2.24, 2.45) is 0 Å². The van der Waals surface area contributed by atoms with Crippen molar-refractivity contribution in [3.05, 3.63) is 97.9 Å². The molecule has 4 rings (SSSR count). The lowest BCUT2D eigenvalue weighted by Crippen LogP contribution is -2.54. The fraction of sp³-hybridized carbons (Fsp3) is 0.333. The topological polar surface area (TPSA) is 86.8 Å². The number of halogens is 4. The van der Waals surface area contributed by atoms with Gasteiger partial charge in [0.05, 0.1) is 17.0 Å². The fourth-order valence-corrected chi connectivity index (χ4v) is 6.99. The number of amides is 2. The summed E-state index contributed by atoms with van der Waals surface area (Å²) < 4.78 is 26.8. The Morgan fingerprint density at radius 3 is 2.14 bits per heavy atom. The minimum atomic E-state index is -3.99. The number of rotatable bonds is 11. The van der Waals surface area contributed by atoms with Crippen molar-refractivity contribution >= 4 is 73.9 Å². The lowest BCUT2D eigenvalue weighted by molar-refractivity contribution is -0.140. The summed E-state index contributed by atoms with van der Waals surface area (Å²) in [5.74, 6) is -0.970. The molecule has 42 heavy (non-hydrogen) atoms. The molecular formula is C30H31Cl4N3O4S. The summed E-state index contributed by atoms with van der Waals surface area (Å²) in [6.45, 7) is -0.747. The van der Waals surface area contributed by atoms with Crippen molar-refractivity contribution in [1.82, 2.24) is 10.2 Å². The van der Waals surface area contributed by atoms with Gasteiger partial charge in [0.1, 0.15) is 12.6 Å². The molecule has 224 valence electrons. The molecule has 3 aromatic carbocycles. The van der Waals surface area contributed by atoms with E-state index in [1.165, 1.54) is 23.1 Å². The van der Waals surface area contributed by atoms with Gasteiger partial charge in [0.15, 0.2) is 0 Å². The van der Waals surface area contributed by atoms with Gasteiger partial charge >= 0.3 is 0 Å². The third kappa shape index (κ3) is 8.32. The lowest BCUT2D eigenvalue weighted by Gasteiger charge is -2.34. The second-order valence-electron chi connectivity index (χ2n) is 10.3. The molecule has 0 aliphatic heterocycles. The minimum Gasteiger partial charge on any atom is -0.352 e. The average Bonchev–Trinajstić information content (AvgIpc) is 3.44. The first kappa shape index (κ1) is 32.4. The van der Waals surface area contributed by atoms with Crippen LogP contribution < -0.4 is 9.62 Å². The molecular weight excluding hydrogens is 640 g/mol. The first-order chi connectivity index (χ1) is 19.9. The lowest BCUT2D eigenvalue weighted by atomic mass is 10.0. The Hall–Kier alpha value is -2.49. The molecule has 0 bridgehead atoms. The van der Waals surface area contributed by atoms with E-state index in [1.54, 1.807) is 18.2 Å². The molecule has 3 aromatic rings. The first-order valence-corrected chi connectivity index (χ1v) is 16.8. The van der Waals surface area contributed by atoms with Gasteiger partial charge in [-0.25, -0.2) is 8.42 Å². The van der Waals surface area contributed by atoms with Crippen LogP contribution >= 0.6 is 46.4 Å². The molecule has 1 N–H and O–H groups in total. The fourth-order valence-electron chi connectivity index (χ4n) is 5.05. The number of nitrogens with one attached hydrogen (secondary N) is 1. The summed E-state index contributed by atoms with van der Waals surface area (Å²) in [4.78, 5) is 29.5. The molecule has 1 unspecified atom stereocenters. The van der Waals surface area contributed by atoms with Crippen LogP contribution in [0.25, 0.3) is 0 Å². The van der Waals surface area contributed by atoms with Crippen molar-refractivity contribution in [3.8, 4) is 0 Å². The van der Waals surface area contributed by atoms with Crippen LogP contribution in [0.3, 0.4) is 0 Å². The molecule has 7 nitrogen and oxygen atoms in total. The van der Waals surface area contributed by atoms with Gasteiger partial charge in [-0.15, -0.1) is 0 Å². The van der Waals surface area contributed by atoms with E-state index in [0.29, 0.717) is 20.6 Å². The monoisotopic (exact) mass is 669 g/mol. The van der Waals surface area contributed by atoms with E-state index in [2.05, 4.69) is 5.32 Å². The Labute approximate surface area is 266 Å². The number of nitrogens with zero attached hydrogens (tertiary/aromatic N) is 2. The maximum atomic E-state index is 14.2. The van der Waals surface area contributed by atoms with Gasteiger partial charge in [-0.2, -0.15) is 0 Å². The summed E-state index contributed by atoms with van der Waals surface area (Å²) >= 11 is 25.4. The maximum Gasteiger partial charge on any atom is 0.244 e. The van der Waals surface area contributed by atoms with Gasteiger partial charge in [-0.3, -0.25) is 13.9 Å². The molecule has 0 heterocycles. The largest absolute Gasteiger partial charge is 0.352 e. The van der Waals surface area contributed by atoms with Gasteiger partial charge < -0.3 is 10.2 Å². The van der Waals surface area contributed by atoms with Crippen LogP contribution in [-0.2, 0) is 32.6 Å². The van der Waals surface area contributed by atoms with Crippen LogP contribution in [-0.4, -0.2) is 50.0 Å². The highest BCUT2D eigenvalue weighted by molar-refractivity contribution is 7.92. The van der Waals surface area contributed by atoms with Gasteiger partial charge in [-0.05, 0) is 48.7 Å². The molecule has 1 saturated carbocycles. The third-order valence-electron chi connectivity index (χ3n) is 7.22. The Kier molecular flexibility index (Phi) is 11.1. The maximum absolute atomic E-state index is 14.2. The Bertz CT molecular complexity index is 1510. The highest BCUT2D eigenvalue weighted by Crippen LogP contribution is 2.32. The van der Waals surface area contributed by atoms with Crippen molar-refractivity contribution in [2.45, 2.75) is 50.7 Å². The van der Waals surface area contributed by atoms with Crippen LogP contribution in [0.2, 0.25) is 20.1 Å². The van der Waals surface area contributed by atoms with E-state index in [0.717, 1.165) is 41.8 Å². The number of hydrogen-bond acceptors (Lipinski definition) is 4. The van der Waals surface area contributed by atoms with Crippen molar-refractivity contribution < 1.29 is 18.0 Å². The molecule has 1 aliphatic carbocycles. The SMILES string of the molecule is CS(=O)(=O)N(CC(=O)N(Cc1c(Cl)cccc1Cl)C(Cc1ccccc1)C(=O)NC1CCCC1)c1ccc(Cl)cc1Cl. The Balaban J connectivity index is 1.77. The van der Waals surface area contributed by atoms with E-state index >= 15 is 0 Å². The van der Waals surface area contributed by atoms with Crippen molar-refractivity contribution in [1.29, 1.82) is 0 Å². The molecule has 2 amide bonds. The molecule has 0 spiro atoms. The molecule has 1 atom stereocenters. The van der Waals surface area contributed by atoms with Crippen LogP contribution in [0.1, 0.15) is 36.8 Å².